The van der Waals surface area contributed by atoms with Crippen LogP contribution >= 0.6 is 8.60 Å². The van der Waals surface area contributed by atoms with Gasteiger partial charge in [-0.15, -0.1) is 0 Å². The standard InChI is InChI=1S/C20H41O4P/c1-2-3-4-5-6-7-8-9-10-11-12-13-14-15-16-17-18-23-19-20-24-25(21)22/h9-10,21-22H,2-8,11-20H2,1H3/b10-9-. The van der Waals surface area contributed by atoms with E-state index in [0.717, 1.165) is 13.0 Å². The van der Waals surface area contributed by atoms with E-state index in [1.165, 1.54) is 83.5 Å². The Morgan fingerprint density at radius 3 is 1.72 bits per heavy atom. The minimum atomic E-state index is -2.23. The summed E-state index contributed by atoms with van der Waals surface area (Å²) in [5.41, 5.74) is 0. The maximum Gasteiger partial charge on any atom is 0.327 e. The number of hydrogen-bond acceptors (Lipinski definition) is 4. The Kier molecular flexibility index (Phi) is 22.1. The van der Waals surface area contributed by atoms with Crippen LogP contribution in [0.2, 0.25) is 0 Å². The van der Waals surface area contributed by atoms with E-state index in [1.54, 1.807) is 0 Å². The van der Waals surface area contributed by atoms with Gasteiger partial charge in [0.15, 0.2) is 0 Å². The largest absolute Gasteiger partial charge is 0.379 e. The first-order chi connectivity index (χ1) is 12.3. The van der Waals surface area contributed by atoms with Crippen LogP contribution in [0.25, 0.3) is 0 Å². The molecule has 150 valence electrons. The zero-order chi connectivity index (χ0) is 18.4. The number of unbranched alkanes of at least 4 members (excludes halogenated alkanes) is 12. The molecule has 25 heavy (non-hydrogen) atoms. The van der Waals surface area contributed by atoms with E-state index in [9.17, 15) is 0 Å². The van der Waals surface area contributed by atoms with Crippen molar-refractivity contribution in [3.8, 4) is 0 Å². The summed E-state index contributed by atoms with van der Waals surface area (Å²) in [6, 6.07) is 0. The van der Waals surface area contributed by atoms with Crippen molar-refractivity contribution >= 4 is 8.60 Å². The highest BCUT2D eigenvalue weighted by molar-refractivity contribution is 7.39. The summed E-state index contributed by atoms with van der Waals surface area (Å²) >= 11 is 0. The lowest BCUT2D eigenvalue weighted by atomic mass is 10.1. The number of ether oxygens (including phenoxy) is 1. The van der Waals surface area contributed by atoms with E-state index in [0.29, 0.717) is 6.61 Å². The molecule has 5 heteroatoms. The molecule has 0 saturated carbocycles. The first-order valence-electron chi connectivity index (χ1n) is 10.3. The van der Waals surface area contributed by atoms with Crippen LogP contribution in [0.15, 0.2) is 12.2 Å². The minimum Gasteiger partial charge on any atom is -0.379 e. The fourth-order valence-electron chi connectivity index (χ4n) is 2.73. The quantitative estimate of drug-likeness (QED) is 0.149. The van der Waals surface area contributed by atoms with Gasteiger partial charge in [0.05, 0.1) is 13.2 Å². The molecule has 0 radical (unpaired) electrons. The number of rotatable bonds is 20. The molecule has 0 aromatic heterocycles. The third kappa shape index (κ3) is 24.0. The second kappa shape index (κ2) is 22.1. The van der Waals surface area contributed by atoms with Crippen LogP contribution in [0.5, 0.6) is 0 Å². The molecule has 0 aromatic carbocycles. The van der Waals surface area contributed by atoms with Gasteiger partial charge in [-0.1, -0.05) is 76.9 Å². The molecule has 0 atom stereocenters. The molecule has 0 aliphatic carbocycles. The maximum absolute atomic E-state index is 8.54. The average molecular weight is 377 g/mol. The van der Waals surface area contributed by atoms with Crippen LogP contribution in [-0.2, 0) is 9.26 Å². The van der Waals surface area contributed by atoms with Gasteiger partial charge >= 0.3 is 8.60 Å². The third-order valence-corrected chi connectivity index (χ3v) is 4.65. The van der Waals surface area contributed by atoms with Crippen LogP contribution in [0, 0.1) is 0 Å². The number of hydrogen-bond donors (Lipinski definition) is 2. The molecule has 0 aliphatic heterocycles. The van der Waals surface area contributed by atoms with E-state index in [2.05, 4.69) is 23.6 Å². The molecule has 0 saturated heterocycles. The maximum atomic E-state index is 8.54. The summed E-state index contributed by atoms with van der Waals surface area (Å²) in [6.07, 6.45) is 23.0. The monoisotopic (exact) mass is 376 g/mol. The highest BCUT2D eigenvalue weighted by Crippen LogP contribution is 2.23. The Hall–Kier alpha value is 0.0100. The van der Waals surface area contributed by atoms with E-state index < -0.39 is 8.60 Å². The van der Waals surface area contributed by atoms with Crippen LogP contribution in [0.4, 0.5) is 0 Å². The second-order valence-electron chi connectivity index (χ2n) is 6.64. The molecule has 0 heterocycles. The Morgan fingerprint density at radius 2 is 1.16 bits per heavy atom. The van der Waals surface area contributed by atoms with E-state index >= 15 is 0 Å². The summed E-state index contributed by atoms with van der Waals surface area (Å²) in [5, 5.41) is 0. The lowest BCUT2D eigenvalue weighted by Gasteiger charge is -2.05. The van der Waals surface area contributed by atoms with Crippen molar-refractivity contribution in [1.29, 1.82) is 0 Å². The van der Waals surface area contributed by atoms with Crippen molar-refractivity contribution in [2.24, 2.45) is 0 Å². The van der Waals surface area contributed by atoms with Gasteiger partial charge in [-0.3, -0.25) is 0 Å². The zero-order valence-electron chi connectivity index (χ0n) is 16.3. The van der Waals surface area contributed by atoms with Crippen molar-refractivity contribution in [2.45, 2.75) is 96.8 Å². The van der Waals surface area contributed by atoms with Crippen molar-refractivity contribution in [3.05, 3.63) is 12.2 Å². The first-order valence-corrected chi connectivity index (χ1v) is 11.5. The highest BCUT2D eigenvalue weighted by Gasteiger charge is 1.98. The van der Waals surface area contributed by atoms with Crippen molar-refractivity contribution in [2.75, 3.05) is 19.8 Å². The molecule has 0 amide bonds. The van der Waals surface area contributed by atoms with Gasteiger partial charge in [-0.2, -0.15) is 0 Å². The van der Waals surface area contributed by atoms with E-state index in [4.69, 9.17) is 14.5 Å². The lowest BCUT2D eigenvalue weighted by molar-refractivity contribution is 0.0920. The van der Waals surface area contributed by atoms with Crippen molar-refractivity contribution in [1.82, 2.24) is 0 Å². The minimum absolute atomic E-state index is 0.255. The molecule has 4 nitrogen and oxygen atoms in total. The van der Waals surface area contributed by atoms with Gasteiger partial charge in [-0.05, 0) is 32.1 Å². The van der Waals surface area contributed by atoms with Crippen molar-refractivity contribution in [3.63, 3.8) is 0 Å². The SMILES string of the molecule is CCCCCCCC/C=C\CCCCCCCCOCCOP(O)O. The first kappa shape index (κ1) is 25.0. The summed E-state index contributed by atoms with van der Waals surface area (Å²) in [6.45, 7) is 3.69. The molecule has 0 fully saturated rings. The predicted octanol–water partition coefficient (Wildman–Crippen LogP) is 6.27. The molecular formula is C20H41O4P. The lowest BCUT2D eigenvalue weighted by Crippen LogP contribution is -2.03. The normalized spacial score (nSPS) is 11.8. The smallest absolute Gasteiger partial charge is 0.327 e. The Bertz CT molecular complexity index is 272. The zero-order valence-corrected chi connectivity index (χ0v) is 17.2. The molecular weight excluding hydrogens is 335 g/mol. The molecule has 0 rings (SSSR count). The van der Waals surface area contributed by atoms with Crippen LogP contribution in [-0.4, -0.2) is 29.6 Å². The van der Waals surface area contributed by atoms with Gasteiger partial charge < -0.3 is 19.0 Å². The molecule has 0 bridgehead atoms. The third-order valence-electron chi connectivity index (χ3n) is 4.23. The van der Waals surface area contributed by atoms with Gasteiger partial charge in [0.2, 0.25) is 0 Å². The molecule has 2 N–H and O–H groups in total. The molecule has 0 aliphatic rings. The fourth-order valence-corrected chi connectivity index (χ4v) is 2.97. The Morgan fingerprint density at radius 1 is 0.640 bits per heavy atom. The molecule has 0 aromatic rings. The van der Waals surface area contributed by atoms with Gasteiger partial charge in [0.25, 0.3) is 0 Å². The van der Waals surface area contributed by atoms with Crippen LogP contribution in [0.3, 0.4) is 0 Å². The molecule has 0 spiro atoms. The van der Waals surface area contributed by atoms with E-state index in [1.807, 2.05) is 0 Å². The summed E-state index contributed by atoms with van der Waals surface area (Å²) in [5.74, 6) is 0. The molecule has 0 unspecified atom stereocenters. The predicted molar refractivity (Wildman–Crippen MR) is 108 cm³/mol. The van der Waals surface area contributed by atoms with Crippen LogP contribution < -0.4 is 0 Å². The Balaban J connectivity index is 3.05. The van der Waals surface area contributed by atoms with Gasteiger partial charge in [0, 0.05) is 6.61 Å². The average Bonchev–Trinajstić information content (AvgIpc) is 2.60. The second-order valence-corrected chi connectivity index (χ2v) is 7.40. The topological polar surface area (TPSA) is 58.9 Å². The van der Waals surface area contributed by atoms with E-state index in [-0.39, 0.29) is 6.61 Å². The number of allylic oxidation sites excluding steroid dienone is 2. The van der Waals surface area contributed by atoms with Gasteiger partial charge in [-0.25, -0.2) is 0 Å². The summed E-state index contributed by atoms with van der Waals surface area (Å²) in [4.78, 5) is 17.1. The Labute approximate surface area is 157 Å². The summed E-state index contributed by atoms with van der Waals surface area (Å²) in [7, 11) is -2.23. The highest BCUT2D eigenvalue weighted by atomic mass is 31.2. The van der Waals surface area contributed by atoms with Crippen molar-refractivity contribution < 1.29 is 19.0 Å². The summed E-state index contributed by atoms with van der Waals surface area (Å²) < 4.78 is 9.98. The van der Waals surface area contributed by atoms with Gasteiger partial charge in [0.1, 0.15) is 0 Å². The fraction of sp³-hybridized carbons (Fsp3) is 0.900. The van der Waals surface area contributed by atoms with Crippen LogP contribution in [0.1, 0.15) is 96.8 Å².